The van der Waals surface area contributed by atoms with Gasteiger partial charge in [0, 0.05) is 26.7 Å². The van der Waals surface area contributed by atoms with E-state index >= 15 is 0 Å². The Morgan fingerprint density at radius 3 is 2.71 bits per heavy atom. The van der Waals surface area contributed by atoms with Crippen LogP contribution in [-0.4, -0.2) is 45.4 Å². The van der Waals surface area contributed by atoms with Crippen LogP contribution in [0.2, 0.25) is 0 Å². The van der Waals surface area contributed by atoms with Crippen LogP contribution in [0, 0.1) is 12.3 Å². The number of nitrogens with zero attached hydrogens (tertiary/aromatic N) is 2. The zero-order chi connectivity index (χ0) is 17.4. The molecular formula is C17H24N4O2S. The first-order valence-corrected chi connectivity index (χ1v) is 9.49. The van der Waals surface area contributed by atoms with Gasteiger partial charge in [0.1, 0.15) is 0 Å². The largest absolute Gasteiger partial charge is 0.352 e. The lowest BCUT2D eigenvalue weighted by Gasteiger charge is -2.26. The summed E-state index contributed by atoms with van der Waals surface area (Å²) in [6.07, 6.45) is 8.16. The van der Waals surface area contributed by atoms with Crippen LogP contribution in [0.25, 0.3) is 0 Å². The van der Waals surface area contributed by atoms with E-state index in [1.54, 1.807) is 29.6 Å². The first-order chi connectivity index (χ1) is 11.6. The van der Waals surface area contributed by atoms with Gasteiger partial charge in [0.05, 0.1) is 11.4 Å². The van der Waals surface area contributed by atoms with Gasteiger partial charge in [-0.15, -0.1) is 6.42 Å². The van der Waals surface area contributed by atoms with Gasteiger partial charge < -0.3 is 10.6 Å². The van der Waals surface area contributed by atoms with E-state index in [1.165, 1.54) is 0 Å². The molecule has 0 saturated carbocycles. The molecule has 7 heteroatoms. The van der Waals surface area contributed by atoms with E-state index in [4.69, 9.17) is 6.42 Å². The van der Waals surface area contributed by atoms with Crippen molar-refractivity contribution < 1.29 is 8.42 Å². The highest BCUT2D eigenvalue weighted by molar-refractivity contribution is 7.89. The second kappa shape index (κ2) is 8.71. The van der Waals surface area contributed by atoms with Crippen molar-refractivity contribution in [2.24, 2.45) is 4.99 Å². The van der Waals surface area contributed by atoms with Crippen molar-refractivity contribution >= 4 is 16.0 Å². The van der Waals surface area contributed by atoms with E-state index < -0.39 is 10.0 Å². The van der Waals surface area contributed by atoms with Gasteiger partial charge in [0.15, 0.2) is 5.96 Å². The molecule has 0 bridgehead atoms. The number of benzene rings is 1. The minimum Gasteiger partial charge on any atom is -0.352 e. The topological polar surface area (TPSA) is 73.8 Å². The van der Waals surface area contributed by atoms with Gasteiger partial charge in [0.25, 0.3) is 0 Å². The SMILES string of the molecule is C#CCNC(=NC)NCc1cccc(S(=O)(=O)N2CCCCC2)c1. The molecule has 1 aliphatic heterocycles. The highest BCUT2D eigenvalue weighted by atomic mass is 32.2. The second-order valence-corrected chi connectivity index (χ2v) is 7.53. The highest BCUT2D eigenvalue weighted by Gasteiger charge is 2.25. The van der Waals surface area contributed by atoms with Gasteiger partial charge in [-0.1, -0.05) is 24.5 Å². The maximum atomic E-state index is 12.7. The van der Waals surface area contributed by atoms with Crippen molar-refractivity contribution in [3.05, 3.63) is 29.8 Å². The summed E-state index contributed by atoms with van der Waals surface area (Å²) in [5.41, 5.74) is 0.872. The molecule has 6 nitrogen and oxygen atoms in total. The Hall–Kier alpha value is -2.04. The number of rotatable bonds is 5. The van der Waals surface area contributed by atoms with Crippen LogP contribution >= 0.6 is 0 Å². The second-order valence-electron chi connectivity index (χ2n) is 5.60. The van der Waals surface area contributed by atoms with Crippen molar-refractivity contribution in [1.82, 2.24) is 14.9 Å². The lowest BCUT2D eigenvalue weighted by molar-refractivity contribution is 0.346. The summed E-state index contributed by atoms with van der Waals surface area (Å²) < 4.78 is 27.0. The van der Waals surface area contributed by atoms with E-state index in [9.17, 15) is 8.42 Å². The molecule has 1 saturated heterocycles. The standard InChI is InChI=1S/C17H24N4O2S/c1-3-10-19-17(18-2)20-14-15-8-7-9-16(13-15)24(22,23)21-11-5-4-6-12-21/h1,7-9,13H,4-6,10-12,14H2,2H3,(H2,18,19,20). The Morgan fingerprint density at radius 1 is 1.29 bits per heavy atom. The van der Waals surface area contributed by atoms with Gasteiger partial charge in [-0.25, -0.2) is 8.42 Å². The first kappa shape index (κ1) is 18.3. The van der Waals surface area contributed by atoms with Gasteiger partial charge in [-0.05, 0) is 30.5 Å². The fourth-order valence-electron chi connectivity index (χ4n) is 2.61. The molecule has 1 fully saturated rings. The summed E-state index contributed by atoms with van der Waals surface area (Å²) in [7, 11) is -1.75. The lowest BCUT2D eigenvalue weighted by atomic mass is 10.2. The van der Waals surface area contributed by atoms with Crippen LogP contribution in [0.3, 0.4) is 0 Å². The minimum atomic E-state index is -3.41. The van der Waals surface area contributed by atoms with Crippen molar-refractivity contribution in [3.8, 4) is 12.3 Å². The van der Waals surface area contributed by atoms with Crippen LogP contribution in [0.4, 0.5) is 0 Å². The number of guanidine groups is 1. The van der Waals surface area contributed by atoms with E-state index in [1.807, 2.05) is 6.07 Å². The monoisotopic (exact) mass is 348 g/mol. The summed E-state index contributed by atoms with van der Waals surface area (Å²) in [6, 6.07) is 7.02. The quantitative estimate of drug-likeness (QED) is 0.476. The molecular weight excluding hydrogens is 324 g/mol. The van der Waals surface area contributed by atoms with Crippen molar-refractivity contribution in [3.63, 3.8) is 0 Å². The molecule has 0 aliphatic carbocycles. The average Bonchev–Trinajstić information content (AvgIpc) is 2.63. The van der Waals surface area contributed by atoms with Gasteiger partial charge >= 0.3 is 0 Å². The highest BCUT2D eigenvalue weighted by Crippen LogP contribution is 2.21. The number of piperidine rings is 1. The molecule has 24 heavy (non-hydrogen) atoms. The predicted molar refractivity (Wildman–Crippen MR) is 96.1 cm³/mol. The number of aliphatic imine (C=N–C) groups is 1. The van der Waals surface area contributed by atoms with E-state index in [0.717, 1.165) is 24.8 Å². The van der Waals surface area contributed by atoms with Crippen molar-refractivity contribution in [2.45, 2.75) is 30.7 Å². The Bertz CT molecular complexity index is 716. The van der Waals surface area contributed by atoms with Gasteiger partial charge in [-0.3, -0.25) is 4.99 Å². The third kappa shape index (κ3) is 4.73. The molecule has 0 unspecified atom stereocenters. The van der Waals surface area contributed by atoms with Crippen LogP contribution < -0.4 is 10.6 Å². The summed E-state index contributed by atoms with van der Waals surface area (Å²) in [4.78, 5) is 4.40. The van der Waals surface area contributed by atoms with Gasteiger partial charge in [0.2, 0.25) is 10.0 Å². The Morgan fingerprint density at radius 2 is 2.04 bits per heavy atom. The van der Waals surface area contributed by atoms with Crippen LogP contribution in [0.1, 0.15) is 24.8 Å². The molecule has 1 aromatic rings. The smallest absolute Gasteiger partial charge is 0.243 e. The zero-order valence-electron chi connectivity index (χ0n) is 14.0. The third-order valence-electron chi connectivity index (χ3n) is 3.89. The maximum Gasteiger partial charge on any atom is 0.243 e. The number of hydrogen-bond acceptors (Lipinski definition) is 3. The molecule has 1 aromatic carbocycles. The van der Waals surface area contributed by atoms with Crippen LogP contribution in [-0.2, 0) is 16.6 Å². The zero-order valence-corrected chi connectivity index (χ0v) is 14.8. The summed E-state index contributed by atoms with van der Waals surface area (Å²) in [5, 5.41) is 6.08. The molecule has 1 heterocycles. The fraction of sp³-hybridized carbons (Fsp3) is 0.471. The Balaban J connectivity index is 2.07. The number of hydrogen-bond donors (Lipinski definition) is 2. The predicted octanol–water partition coefficient (Wildman–Crippen LogP) is 1.16. The molecule has 1 aliphatic rings. The molecule has 2 rings (SSSR count). The molecule has 0 spiro atoms. The van der Waals surface area contributed by atoms with Crippen LogP contribution in [0.5, 0.6) is 0 Å². The third-order valence-corrected chi connectivity index (χ3v) is 5.79. The average molecular weight is 348 g/mol. The summed E-state index contributed by atoms with van der Waals surface area (Å²) in [6.45, 7) is 2.05. The molecule has 0 aromatic heterocycles. The number of terminal acetylenes is 1. The van der Waals surface area contributed by atoms with Crippen LogP contribution in [0.15, 0.2) is 34.2 Å². The fourth-order valence-corrected chi connectivity index (χ4v) is 4.20. The molecule has 130 valence electrons. The van der Waals surface area contributed by atoms with E-state index in [2.05, 4.69) is 21.5 Å². The Kier molecular flexibility index (Phi) is 6.64. The normalized spacial score (nSPS) is 16.4. The lowest BCUT2D eigenvalue weighted by Crippen LogP contribution is -2.37. The van der Waals surface area contributed by atoms with Gasteiger partial charge in [-0.2, -0.15) is 4.31 Å². The molecule has 0 amide bonds. The van der Waals surface area contributed by atoms with Crippen molar-refractivity contribution in [1.29, 1.82) is 0 Å². The van der Waals surface area contributed by atoms with E-state index in [-0.39, 0.29) is 0 Å². The molecule has 0 radical (unpaired) electrons. The Labute approximate surface area is 144 Å². The maximum absolute atomic E-state index is 12.7. The minimum absolute atomic E-state index is 0.343. The number of nitrogens with one attached hydrogen (secondary N) is 2. The molecule has 2 N–H and O–H groups in total. The number of sulfonamides is 1. The summed E-state index contributed by atoms with van der Waals surface area (Å²) in [5.74, 6) is 3.06. The van der Waals surface area contributed by atoms with Crippen molar-refractivity contribution in [2.75, 3.05) is 26.7 Å². The molecule has 0 atom stereocenters. The first-order valence-electron chi connectivity index (χ1n) is 8.05. The summed E-state index contributed by atoms with van der Waals surface area (Å²) >= 11 is 0. The van der Waals surface area contributed by atoms with E-state index in [0.29, 0.717) is 37.0 Å².